The molecule has 2 aliphatic carbocycles. The molecule has 4 aromatic carbocycles. The summed E-state index contributed by atoms with van der Waals surface area (Å²) in [5.41, 5.74) is -19.2. The fraction of sp³-hybridized carbons (Fsp3) is 0.226. The van der Waals surface area contributed by atoms with E-state index in [0.29, 0.717) is 0 Å². The molecule has 2 aliphatic rings. The van der Waals surface area contributed by atoms with Gasteiger partial charge in [-0.25, -0.2) is 70.2 Å². The molecule has 19 heteroatoms. The first-order chi connectivity index (χ1) is 23.3. The molecule has 0 unspecified atom stereocenters. The Labute approximate surface area is 266 Å². The third-order valence-corrected chi connectivity index (χ3v) is 8.57. The monoisotopic (exact) mass is 739 g/mol. The highest BCUT2D eigenvalue weighted by Crippen LogP contribution is 2.58. The molecule has 1 nitrogen and oxygen atoms in total. The zero-order valence-corrected chi connectivity index (χ0v) is 23.9. The number of anilines is 2. The largest absolute Gasteiger partial charge is 0.330 e. The third kappa shape index (κ3) is 4.52. The molecule has 266 valence electrons. The average Bonchev–Trinajstić information content (AvgIpc) is 3.34. The molecular weight excluding hydrogens is 728 g/mol. The van der Waals surface area contributed by atoms with Crippen molar-refractivity contribution in [3.05, 3.63) is 104 Å². The van der Waals surface area contributed by atoms with Crippen molar-refractivity contribution >= 4 is 11.4 Å². The van der Waals surface area contributed by atoms with Gasteiger partial charge in [-0.3, -0.25) is 0 Å². The maximum atomic E-state index is 16.5. The number of alkyl halides is 2. The molecule has 0 amide bonds. The van der Waals surface area contributed by atoms with Crippen LogP contribution in [0.15, 0.2) is 0 Å². The summed E-state index contributed by atoms with van der Waals surface area (Å²) in [6.07, 6.45) is -0.939. The number of nitrogens with zero attached hydrogens (tertiary/aromatic N) is 1. The van der Waals surface area contributed by atoms with Gasteiger partial charge in [0.2, 0.25) is 5.82 Å². The molecule has 0 bridgehead atoms. The number of fused-ring (bicyclic) bond motifs is 3. The summed E-state index contributed by atoms with van der Waals surface area (Å²) < 4.78 is 270. The standard InChI is InChI=1S/C31H11F18N/c32-13-7-8-12(31(48,49)11(7)18(37)24(43)20(13)39)19(38)30(27(46)14(8)33)50(6-4-2-1-3-5-6)29-10(17(36)23(42)26(45)28(29)47)9-15(34)21(40)25(44)22(41)16(9)35/h6H,1-5H2. The van der Waals surface area contributed by atoms with Crippen LogP contribution in [-0.2, 0) is 5.92 Å². The minimum absolute atomic E-state index is 0.0694. The van der Waals surface area contributed by atoms with Crippen molar-refractivity contribution in [2.24, 2.45) is 0 Å². The van der Waals surface area contributed by atoms with Gasteiger partial charge < -0.3 is 4.90 Å². The van der Waals surface area contributed by atoms with Crippen LogP contribution < -0.4 is 4.90 Å². The number of hydrogen-bond acceptors (Lipinski definition) is 1. The first-order valence-electron chi connectivity index (χ1n) is 13.9. The fourth-order valence-electron chi connectivity index (χ4n) is 6.39. The summed E-state index contributed by atoms with van der Waals surface area (Å²) in [6, 6.07) is -1.90. The van der Waals surface area contributed by atoms with E-state index in [0.717, 1.165) is 0 Å². The molecule has 0 aromatic heterocycles. The van der Waals surface area contributed by atoms with Gasteiger partial charge in [0.25, 0.3) is 0 Å². The highest BCUT2D eigenvalue weighted by atomic mass is 19.3. The smallest absolute Gasteiger partial charge is 0.305 e. The van der Waals surface area contributed by atoms with Gasteiger partial charge in [-0.15, -0.1) is 0 Å². The van der Waals surface area contributed by atoms with E-state index in [-0.39, 0.29) is 19.3 Å². The van der Waals surface area contributed by atoms with E-state index < -0.39 is 168 Å². The summed E-state index contributed by atoms with van der Waals surface area (Å²) in [6.45, 7) is 0. The summed E-state index contributed by atoms with van der Waals surface area (Å²) in [4.78, 5) is -0.422. The van der Waals surface area contributed by atoms with Crippen molar-refractivity contribution in [3.8, 4) is 22.3 Å². The van der Waals surface area contributed by atoms with Crippen LogP contribution in [0.2, 0.25) is 0 Å². The van der Waals surface area contributed by atoms with Crippen LogP contribution in [0.5, 0.6) is 0 Å². The third-order valence-electron chi connectivity index (χ3n) is 8.57. The average molecular weight is 739 g/mol. The molecule has 6 rings (SSSR count). The van der Waals surface area contributed by atoms with Crippen LogP contribution in [-0.4, -0.2) is 6.04 Å². The van der Waals surface area contributed by atoms with Crippen LogP contribution in [0.4, 0.5) is 90.4 Å². The maximum absolute atomic E-state index is 16.5. The van der Waals surface area contributed by atoms with Crippen LogP contribution in [0.3, 0.4) is 0 Å². The quantitative estimate of drug-likeness (QED) is 0.114. The molecule has 50 heavy (non-hydrogen) atoms. The minimum atomic E-state index is -5.45. The number of halogens is 18. The molecule has 0 radical (unpaired) electrons. The Bertz CT molecular complexity index is 2130. The van der Waals surface area contributed by atoms with E-state index in [4.69, 9.17) is 0 Å². The number of rotatable bonds is 4. The van der Waals surface area contributed by atoms with Gasteiger partial charge in [0.1, 0.15) is 5.69 Å². The van der Waals surface area contributed by atoms with E-state index in [1.54, 1.807) is 0 Å². The zero-order chi connectivity index (χ0) is 37.0. The Morgan fingerprint density at radius 1 is 0.340 bits per heavy atom. The lowest BCUT2D eigenvalue weighted by Gasteiger charge is -2.38. The lowest BCUT2D eigenvalue weighted by Crippen LogP contribution is -2.36. The van der Waals surface area contributed by atoms with E-state index >= 15 is 39.5 Å². The Kier molecular flexibility index (Phi) is 8.29. The van der Waals surface area contributed by atoms with Gasteiger partial charge in [-0.05, 0) is 12.8 Å². The van der Waals surface area contributed by atoms with Gasteiger partial charge in [0, 0.05) is 17.2 Å². The van der Waals surface area contributed by atoms with Crippen molar-refractivity contribution in [2.45, 2.75) is 44.1 Å². The summed E-state index contributed by atoms with van der Waals surface area (Å²) >= 11 is 0. The van der Waals surface area contributed by atoms with Crippen molar-refractivity contribution in [1.82, 2.24) is 0 Å². The highest BCUT2D eigenvalue weighted by Gasteiger charge is 2.56. The van der Waals surface area contributed by atoms with Crippen LogP contribution in [0, 0.1) is 93.1 Å². The highest BCUT2D eigenvalue weighted by molar-refractivity contribution is 5.88. The van der Waals surface area contributed by atoms with Gasteiger partial charge in [-0.2, -0.15) is 8.78 Å². The lowest BCUT2D eigenvalue weighted by molar-refractivity contribution is 0.0391. The lowest BCUT2D eigenvalue weighted by atomic mass is 9.90. The second-order valence-electron chi connectivity index (χ2n) is 11.2. The molecule has 0 aliphatic heterocycles. The molecule has 0 N–H and O–H groups in total. The SMILES string of the molecule is Fc1c(F)c(F)c(-c2c(F)c(F)c(F)c(F)c2N(c2c(F)c(F)c3c(c2F)C(F)(F)c2c(F)c(F)c(F)c(F)c2-3)C2CCCCC2)c(F)c1F. The Hall–Kier alpha value is -4.58. The molecule has 1 fully saturated rings. The second-order valence-corrected chi connectivity index (χ2v) is 11.2. The van der Waals surface area contributed by atoms with Gasteiger partial charge in [0.15, 0.2) is 87.3 Å². The fourth-order valence-corrected chi connectivity index (χ4v) is 6.39. The number of hydrogen-bond donors (Lipinski definition) is 0. The van der Waals surface area contributed by atoms with Gasteiger partial charge >= 0.3 is 5.92 Å². The van der Waals surface area contributed by atoms with Crippen LogP contribution in [0.25, 0.3) is 22.3 Å². The molecular formula is C31H11F18N. The molecule has 4 aromatic rings. The van der Waals surface area contributed by atoms with Crippen molar-refractivity contribution in [1.29, 1.82) is 0 Å². The van der Waals surface area contributed by atoms with E-state index in [1.807, 2.05) is 0 Å². The van der Waals surface area contributed by atoms with Gasteiger partial charge in [-0.1, -0.05) is 19.3 Å². The Morgan fingerprint density at radius 2 is 0.680 bits per heavy atom. The topological polar surface area (TPSA) is 3.24 Å². The Balaban J connectivity index is 1.80. The summed E-state index contributed by atoms with van der Waals surface area (Å²) in [7, 11) is 0. The first kappa shape index (κ1) is 35.3. The molecule has 0 saturated heterocycles. The molecule has 0 spiro atoms. The maximum Gasteiger partial charge on any atom is 0.305 e. The van der Waals surface area contributed by atoms with Crippen molar-refractivity contribution in [3.63, 3.8) is 0 Å². The Morgan fingerprint density at radius 3 is 1.18 bits per heavy atom. The van der Waals surface area contributed by atoms with Crippen molar-refractivity contribution in [2.75, 3.05) is 4.90 Å². The summed E-state index contributed by atoms with van der Waals surface area (Å²) in [5, 5.41) is 0. The molecule has 1 saturated carbocycles. The minimum Gasteiger partial charge on any atom is -0.330 e. The zero-order valence-electron chi connectivity index (χ0n) is 23.9. The predicted octanol–water partition coefficient (Wildman–Crippen LogP) is 11.2. The summed E-state index contributed by atoms with van der Waals surface area (Å²) in [5.74, 6) is -51.8. The van der Waals surface area contributed by atoms with Crippen LogP contribution in [0.1, 0.15) is 43.2 Å². The van der Waals surface area contributed by atoms with Crippen molar-refractivity contribution < 1.29 is 79.0 Å². The van der Waals surface area contributed by atoms with E-state index in [9.17, 15) is 39.5 Å². The predicted molar refractivity (Wildman–Crippen MR) is 135 cm³/mol. The second kappa shape index (κ2) is 11.8. The van der Waals surface area contributed by atoms with E-state index in [2.05, 4.69) is 0 Å². The normalized spacial score (nSPS) is 15.5. The molecule has 0 atom stereocenters. The van der Waals surface area contributed by atoms with Crippen LogP contribution >= 0.6 is 0 Å². The first-order valence-corrected chi connectivity index (χ1v) is 13.9. The van der Waals surface area contributed by atoms with Gasteiger partial charge in [0.05, 0.1) is 27.9 Å². The number of benzene rings is 4. The van der Waals surface area contributed by atoms with E-state index in [1.165, 1.54) is 0 Å². The molecule has 0 heterocycles.